The van der Waals surface area contributed by atoms with Crippen LogP contribution < -0.4 is 0 Å². The van der Waals surface area contributed by atoms with Crippen LogP contribution >= 0.6 is 11.8 Å². The molecule has 0 spiro atoms. The number of para-hydroxylation sites is 1. The van der Waals surface area contributed by atoms with E-state index in [4.69, 9.17) is 0 Å². The molecule has 0 N–H and O–H groups in total. The van der Waals surface area contributed by atoms with Crippen molar-refractivity contribution in [1.29, 1.82) is 0 Å². The summed E-state index contributed by atoms with van der Waals surface area (Å²) < 4.78 is 3.71. The summed E-state index contributed by atoms with van der Waals surface area (Å²) in [7, 11) is 1.97. The first-order valence-corrected chi connectivity index (χ1v) is 9.21. The van der Waals surface area contributed by atoms with Gasteiger partial charge in [0.05, 0.1) is 18.4 Å². The van der Waals surface area contributed by atoms with Crippen molar-refractivity contribution in [2.45, 2.75) is 12.6 Å². The van der Waals surface area contributed by atoms with E-state index in [0.717, 1.165) is 36.1 Å². The van der Waals surface area contributed by atoms with E-state index < -0.39 is 0 Å². The van der Waals surface area contributed by atoms with Crippen LogP contribution in [-0.4, -0.2) is 47.5 Å². The third-order valence-electron chi connectivity index (χ3n) is 4.25. The average Bonchev–Trinajstić information content (AvgIpc) is 3.25. The maximum absolute atomic E-state index is 4.64. The second-order valence-corrected chi connectivity index (χ2v) is 7.10. The number of hydrogen-bond acceptors (Lipinski definition) is 5. The monoisotopic (exact) mass is 340 g/mol. The highest BCUT2D eigenvalue weighted by atomic mass is 32.2. The molecule has 1 aliphatic heterocycles. The molecule has 0 amide bonds. The molecule has 2 aromatic heterocycles. The molecule has 0 unspecified atom stereocenters. The predicted octanol–water partition coefficient (Wildman–Crippen LogP) is 2.29. The summed E-state index contributed by atoms with van der Waals surface area (Å²) in [6.07, 6.45) is 5.88. The van der Waals surface area contributed by atoms with Gasteiger partial charge in [0, 0.05) is 42.9 Å². The Hall–Kier alpha value is -2.12. The Bertz CT molecular complexity index is 796. The smallest absolute Gasteiger partial charge is 0.165 e. The molecule has 1 aromatic carbocycles. The second-order valence-electron chi connectivity index (χ2n) is 5.95. The highest BCUT2D eigenvalue weighted by Gasteiger charge is 2.26. The van der Waals surface area contributed by atoms with Crippen LogP contribution in [0.1, 0.15) is 17.4 Å². The van der Waals surface area contributed by atoms with Crippen molar-refractivity contribution >= 4 is 11.8 Å². The summed E-state index contributed by atoms with van der Waals surface area (Å²) in [5, 5.41) is 8.97. The van der Waals surface area contributed by atoms with E-state index in [-0.39, 0.29) is 0 Å². The highest BCUT2D eigenvalue weighted by Crippen LogP contribution is 2.30. The first-order chi connectivity index (χ1) is 11.8. The molecule has 0 saturated carbocycles. The zero-order valence-electron chi connectivity index (χ0n) is 13.6. The summed E-state index contributed by atoms with van der Waals surface area (Å²) in [6.45, 7) is 1.81. The quantitative estimate of drug-likeness (QED) is 0.729. The molecule has 124 valence electrons. The highest BCUT2D eigenvalue weighted by molar-refractivity contribution is 7.99. The molecule has 4 rings (SSSR count). The van der Waals surface area contributed by atoms with Crippen LogP contribution in [0, 0.1) is 0 Å². The van der Waals surface area contributed by atoms with Crippen LogP contribution in [0.3, 0.4) is 0 Å². The minimum absolute atomic E-state index is 0.376. The summed E-state index contributed by atoms with van der Waals surface area (Å²) in [6, 6.07) is 10.5. The van der Waals surface area contributed by atoms with Crippen LogP contribution in [0.15, 0.2) is 49.1 Å². The van der Waals surface area contributed by atoms with Gasteiger partial charge in [0.1, 0.15) is 6.33 Å². The van der Waals surface area contributed by atoms with Gasteiger partial charge >= 0.3 is 0 Å². The lowest BCUT2D eigenvalue weighted by atomic mass is 10.1. The molecule has 1 saturated heterocycles. The molecule has 3 heterocycles. The summed E-state index contributed by atoms with van der Waals surface area (Å²) >= 11 is 2.00. The number of benzene rings is 1. The Morgan fingerprint density at radius 2 is 2.12 bits per heavy atom. The van der Waals surface area contributed by atoms with Gasteiger partial charge in [-0.25, -0.2) is 9.67 Å². The number of hydrogen-bond donors (Lipinski definition) is 0. The number of nitrogens with zero attached hydrogens (tertiary/aromatic N) is 6. The SMILES string of the molecule is Cn1cc([C@H]2CSCCN2Cc2ncn(-c3ccccc3)n2)cn1. The molecule has 1 fully saturated rings. The van der Waals surface area contributed by atoms with Crippen LogP contribution in [-0.2, 0) is 13.6 Å². The molecule has 24 heavy (non-hydrogen) atoms. The predicted molar refractivity (Wildman–Crippen MR) is 95.0 cm³/mol. The Morgan fingerprint density at radius 3 is 2.92 bits per heavy atom. The number of aryl methyl sites for hydroxylation is 1. The zero-order valence-corrected chi connectivity index (χ0v) is 14.4. The normalized spacial score (nSPS) is 18.8. The molecular formula is C17H20N6S. The number of rotatable bonds is 4. The third-order valence-corrected chi connectivity index (χ3v) is 5.28. The van der Waals surface area contributed by atoms with E-state index >= 15 is 0 Å². The molecule has 0 aliphatic carbocycles. The summed E-state index contributed by atoms with van der Waals surface area (Å²) in [5.74, 6) is 3.10. The van der Waals surface area contributed by atoms with Gasteiger partial charge in [-0.05, 0) is 12.1 Å². The van der Waals surface area contributed by atoms with E-state index in [1.165, 1.54) is 5.56 Å². The van der Waals surface area contributed by atoms with Crippen LogP contribution in [0.5, 0.6) is 0 Å². The van der Waals surface area contributed by atoms with Gasteiger partial charge in [0.15, 0.2) is 5.82 Å². The van der Waals surface area contributed by atoms with Crippen LogP contribution in [0.25, 0.3) is 5.69 Å². The lowest BCUT2D eigenvalue weighted by Gasteiger charge is -2.34. The molecule has 6 nitrogen and oxygen atoms in total. The molecule has 0 bridgehead atoms. The molecule has 1 atom stereocenters. The van der Waals surface area contributed by atoms with Crippen molar-refractivity contribution in [2.75, 3.05) is 18.1 Å². The molecule has 3 aromatic rings. The van der Waals surface area contributed by atoms with Crippen LogP contribution in [0.2, 0.25) is 0 Å². The topological polar surface area (TPSA) is 51.8 Å². The first-order valence-electron chi connectivity index (χ1n) is 8.06. The van der Waals surface area contributed by atoms with E-state index in [9.17, 15) is 0 Å². The average molecular weight is 340 g/mol. The molecular weight excluding hydrogens is 320 g/mol. The minimum Gasteiger partial charge on any atom is -0.287 e. The summed E-state index contributed by atoms with van der Waals surface area (Å²) in [5.41, 5.74) is 2.31. The lowest BCUT2D eigenvalue weighted by Crippen LogP contribution is -2.35. The van der Waals surface area contributed by atoms with Crippen molar-refractivity contribution in [2.24, 2.45) is 7.05 Å². The molecule has 7 heteroatoms. The Kier molecular flexibility index (Phi) is 4.36. The van der Waals surface area contributed by atoms with Crippen molar-refractivity contribution in [3.63, 3.8) is 0 Å². The Balaban J connectivity index is 1.52. The van der Waals surface area contributed by atoms with E-state index in [0.29, 0.717) is 6.04 Å². The fourth-order valence-electron chi connectivity index (χ4n) is 3.00. The molecule has 1 aliphatic rings. The minimum atomic E-state index is 0.376. The summed E-state index contributed by atoms with van der Waals surface area (Å²) in [4.78, 5) is 6.96. The largest absolute Gasteiger partial charge is 0.287 e. The van der Waals surface area contributed by atoms with Gasteiger partial charge < -0.3 is 0 Å². The van der Waals surface area contributed by atoms with Crippen molar-refractivity contribution in [1.82, 2.24) is 29.4 Å². The lowest BCUT2D eigenvalue weighted by molar-refractivity contribution is 0.206. The fourth-order valence-corrected chi connectivity index (χ4v) is 4.16. The maximum atomic E-state index is 4.64. The maximum Gasteiger partial charge on any atom is 0.165 e. The van der Waals surface area contributed by atoms with Crippen LogP contribution in [0.4, 0.5) is 0 Å². The van der Waals surface area contributed by atoms with Gasteiger partial charge in [0.25, 0.3) is 0 Å². The van der Waals surface area contributed by atoms with Crippen molar-refractivity contribution in [3.8, 4) is 5.69 Å². The first kappa shape index (κ1) is 15.4. The van der Waals surface area contributed by atoms with Crippen molar-refractivity contribution in [3.05, 3.63) is 60.4 Å². The van der Waals surface area contributed by atoms with E-state index in [1.807, 2.05) is 64.7 Å². The Morgan fingerprint density at radius 1 is 1.25 bits per heavy atom. The number of aromatic nitrogens is 5. The van der Waals surface area contributed by atoms with Crippen molar-refractivity contribution < 1.29 is 0 Å². The number of thioether (sulfide) groups is 1. The van der Waals surface area contributed by atoms with Gasteiger partial charge in [-0.3, -0.25) is 9.58 Å². The molecule has 0 radical (unpaired) electrons. The standard InChI is InChI=1S/C17H20N6S/c1-21-10-14(9-19-21)16-12-24-8-7-22(16)11-17-18-13-23(20-17)15-5-3-2-4-6-15/h2-6,9-10,13,16H,7-8,11-12H2,1H3/t16-/m1/s1. The van der Waals surface area contributed by atoms with Gasteiger partial charge in [-0.15, -0.1) is 5.10 Å². The van der Waals surface area contributed by atoms with E-state index in [1.54, 1.807) is 6.33 Å². The third kappa shape index (κ3) is 3.22. The van der Waals surface area contributed by atoms with Gasteiger partial charge in [-0.1, -0.05) is 18.2 Å². The Labute approximate surface area is 145 Å². The fraction of sp³-hybridized carbons (Fsp3) is 0.353. The van der Waals surface area contributed by atoms with E-state index in [2.05, 4.69) is 26.3 Å². The zero-order chi connectivity index (χ0) is 16.4. The van der Waals surface area contributed by atoms with Gasteiger partial charge in [-0.2, -0.15) is 16.9 Å². The van der Waals surface area contributed by atoms with Gasteiger partial charge in [0.2, 0.25) is 0 Å². The second kappa shape index (κ2) is 6.78.